The third kappa shape index (κ3) is 3.46. The van der Waals surface area contributed by atoms with E-state index in [1.165, 1.54) is 56.9 Å². The van der Waals surface area contributed by atoms with E-state index < -0.39 is 0 Å². The van der Waals surface area contributed by atoms with Crippen LogP contribution < -0.4 is 0 Å². The largest absolute Gasteiger partial charge is 0.372 e. The van der Waals surface area contributed by atoms with Crippen molar-refractivity contribution in [3.05, 3.63) is 35.9 Å². The number of rotatable bonds is 5. The number of ether oxygens (including phenoxy) is 1. The summed E-state index contributed by atoms with van der Waals surface area (Å²) in [5, 5.41) is 1.08. The molecule has 0 N–H and O–H groups in total. The maximum absolute atomic E-state index is 6.46. The number of benzene rings is 1. The minimum absolute atomic E-state index is 0.286. The van der Waals surface area contributed by atoms with Gasteiger partial charge < -0.3 is 4.74 Å². The lowest BCUT2D eigenvalue weighted by atomic mass is 9.93. The van der Waals surface area contributed by atoms with Gasteiger partial charge in [-0.25, -0.2) is 0 Å². The molecule has 2 unspecified atom stereocenters. The minimum Gasteiger partial charge on any atom is -0.372 e. The Morgan fingerprint density at radius 2 is 1.90 bits per heavy atom. The van der Waals surface area contributed by atoms with Crippen LogP contribution in [0.15, 0.2) is 30.3 Å². The molecule has 1 aromatic rings. The molecule has 1 aromatic carbocycles. The predicted octanol–water partition coefficient (Wildman–Crippen LogP) is 5.12. The zero-order valence-electron chi connectivity index (χ0n) is 12.2. The molecule has 20 heavy (non-hydrogen) atoms. The summed E-state index contributed by atoms with van der Waals surface area (Å²) in [5.41, 5.74) is 1.74. The van der Waals surface area contributed by atoms with Crippen LogP contribution in [0.2, 0.25) is 0 Å². The second kappa shape index (κ2) is 6.62. The van der Waals surface area contributed by atoms with E-state index in [4.69, 9.17) is 4.74 Å². The molecule has 2 atom stereocenters. The molecular formula is C18H25BrO. The van der Waals surface area contributed by atoms with Crippen molar-refractivity contribution in [1.82, 2.24) is 0 Å². The van der Waals surface area contributed by atoms with Gasteiger partial charge in [0.2, 0.25) is 0 Å². The van der Waals surface area contributed by atoms with Crippen molar-refractivity contribution >= 4 is 15.9 Å². The summed E-state index contributed by atoms with van der Waals surface area (Å²) < 4.78 is 6.46. The highest BCUT2D eigenvalue weighted by Gasteiger charge is 2.42. The van der Waals surface area contributed by atoms with E-state index in [1.807, 2.05) is 0 Å². The van der Waals surface area contributed by atoms with Crippen molar-refractivity contribution < 1.29 is 4.74 Å². The maximum Gasteiger partial charge on any atom is 0.0687 e. The van der Waals surface area contributed by atoms with Crippen LogP contribution in [-0.2, 0) is 11.2 Å². The molecule has 0 bridgehead atoms. The minimum atomic E-state index is 0.286. The molecule has 2 aliphatic rings. The molecule has 2 fully saturated rings. The lowest BCUT2D eigenvalue weighted by molar-refractivity contribution is -0.0431. The van der Waals surface area contributed by atoms with Gasteiger partial charge in [-0.1, -0.05) is 59.1 Å². The zero-order valence-corrected chi connectivity index (χ0v) is 13.8. The summed E-state index contributed by atoms with van der Waals surface area (Å²) in [5.74, 6) is 0.693. The summed E-state index contributed by atoms with van der Waals surface area (Å²) in [6.45, 7) is 0. The lowest BCUT2D eigenvalue weighted by Crippen LogP contribution is -2.26. The Hall–Kier alpha value is -0.340. The second-order valence-electron chi connectivity index (χ2n) is 6.61. The Morgan fingerprint density at radius 3 is 2.60 bits per heavy atom. The monoisotopic (exact) mass is 336 g/mol. The van der Waals surface area contributed by atoms with E-state index in [2.05, 4.69) is 46.3 Å². The van der Waals surface area contributed by atoms with Crippen LogP contribution in [0.25, 0.3) is 0 Å². The van der Waals surface area contributed by atoms with E-state index in [1.54, 1.807) is 0 Å². The standard InChI is InChI=1S/C18H25BrO/c19-14-16(12-15-6-2-1-3-7-15)13-17-8-11-18(20-17)9-4-5-10-18/h1-3,6-7,16-17H,4-5,8-14H2. The lowest BCUT2D eigenvalue weighted by Gasteiger charge is -2.25. The Balaban J connectivity index is 1.53. The van der Waals surface area contributed by atoms with Gasteiger partial charge in [0, 0.05) is 5.33 Å². The van der Waals surface area contributed by atoms with Crippen LogP contribution >= 0.6 is 15.9 Å². The van der Waals surface area contributed by atoms with Crippen LogP contribution in [0.3, 0.4) is 0 Å². The van der Waals surface area contributed by atoms with E-state index in [-0.39, 0.29) is 5.60 Å². The molecule has 1 nitrogen and oxygen atoms in total. The Labute approximate surface area is 131 Å². The molecule has 1 saturated heterocycles. The average Bonchev–Trinajstić information content (AvgIpc) is 3.10. The molecule has 110 valence electrons. The summed E-state index contributed by atoms with van der Waals surface area (Å²) in [7, 11) is 0. The second-order valence-corrected chi connectivity index (χ2v) is 7.26. The smallest absolute Gasteiger partial charge is 0.0687 e. The van der Waals surface area contributed by atoms with Gasteiger partial charge in [-0.05, 0) is 50.0 Å². The first kappa shape index (κ1) is 14.6. The number of hydrogen-bond donors (Lipinski definition) is 0. The summed E-state index contributed by atoms with van der Waals surface area (Å²) in [4.78, 5) is 0. The SMILES string of the molecule is BrCC(Cc1ccccc1)CC1CCC2(CCCC2)O1. The fourth-order valence-electron chi connectivity index (χ4n) is 3.97. The first-order chi connectivity index (χ1) is 9.80. The van der Waals surface area contributed by atoms with Gasteiger partial charge >= 0.3 is 0 Å². The van der Waals surface area contributed by atoms with Gasteiger partial charge in [-0.2, -0.15) is 0 Å². The van der Waals surface area contributed by atoms with Crippen molar-refractivity contribution in [2.75, 3.05) is 5.33 Å². The van der Waals surface area contributed by atoms with Gasteiger partial charge in [-0.15, -0.1) is 0 Å². The van der Waals surface area contributed by atoms with E-state index in [9.17, 15) is 0 Å². The number of halogens is 1. The first-order valence-corrected chi connectivity index (χ1v) is 9.19. The van der Waals surface area contributed by atoms with Gasteiger partial charge in [0.1, 0.15) is 0 Å². The fourth-order valence-corrected chi connectivity index (χ4v) is 4.46. The van der Waals surface area contributed by atoms with Crippen molar-refractivity contribution in [2.24, 2.45) is 5.92 Å². The molecule has 1 aliphatic carbocycles. The molecule has 0 aromatic heterocycles. The van der Waals surface area contributed by atoms with Gasteiger partial charge in [0.05, 0.1) is 11.7 Å². The Kier molecular flexibility index (Phi) is 4.83. The quantitative estimate of drug-likeness (QED) is 0.678. The van der Waals surface area contributed by atoms with Gasteiger partial charge in [0.15, 0.2) is 0 Å². The van der Waals surface area contributed by atoms with E-state index in [0.717, 1.165) is 5.33 Å². The molecule has 1 saturated carbocycles. The van der Waals surface area contributed by atoms with E-state index >= 15 is 0 Å². The summed E-state index contributed by atoms with van der Waals surface area (Å²) >= 11 is 3.70. The molecule has 1 aliphatic heterocycles. The molecule has 2 heteroatoms. The average molecular weight is 337 g/mol. The highest BCUT2D eigenvalue weighted by atomic mass is 79.9. The van der Waals surface area contributed by atoms with Crippen LogP contribution in [-0.4, -0.2) is 17.0 Å². The fraction of sp³-hybridized carbons (Fsp3) is 0.667. The van der Waals surface area contributed by atoms with Crippen LogP contribution in [0, 0.1) is 5.92 Å². The molecule has 0 radical (unpaired) electrons. The Bertz CT molecular complexity index is 411. The topological polar surface area (TPSA) is 9.23 Å². The normalized spacial score (nSPS) is 26.1. The van der Waals surface area contributed by atoms with Crippen molar-refractivity contribution in [1.29, 1.82) is 0 Å². The third-order valence-electron chi connectivity index (χ3n) is 5.04. The van der Waals surface area contributed by atoms with Crippen LogP contribution in [0.5, 0.6) is 0 Å². The van der Waals surface area contributed by atoms with Crippen LogP contribution in [0.1, 0.15) is 50.5 Å². The van der Waals surface area contributed by atoms with Crippen molar-refractivity contribution in [3.8, 4) is 0 Å². The number of hydrogen-bond acceptors (Lipinski definition) is 1. The molecular weight excluding hydrogens is 312 g/mol. The number of alkyl halides is 1. The zero-order chi connectivity index (χ0) is 13.8. The highest BCUT2D eigenvalue weighted by Crippen LogP contribution is 2.44. The molecule has 3 rings (SSSR count). The van der Waals surface area contributed by atoms with Gasteiger partial charge in [0.25, 0.3) is 0 Å². The summed E-state index contributed by atoms with van der Waals surface area (Å²) in [6.07, 6.45) is 10.8. The third-order valence-corrected chi connectivity index (χ3v) is 5.95. The first-order valence-electron chi connectivity index (χ1n) is 8.07. The Morgan fingerprint density at radius 1 is 1.15 bits per heavy atom. The van der Waals surface area contributed by atoms with Crippen LogP contribution in [0.4, 0.5) is 0 Å². The summed E-state index contributed by atoms with van der Waals surface area (Å²) in [6, 6.07) is 10.9. The van der Waals surface area contributed by atoms with E-state index in [0.29, 0.717) is 12.0 Å². The predicted molar refractivity (Wildman–Crippen MR) is 87.4 cm³/mol. The maximum atomic E-state index is 6.46. The highest BCUT2D eigenvalue weighted by molar-refractivity contribution is 9.09. The van der Waals surface area contributed by atoms with Crippen molar-refractivity contribution in [2.45, 2.75) is 63.1 Å². The van der Waals surface area contributed by atoms with Crippen molar-refractivity contribution in [3.63, 3.8) is 0 Å². The molecule has 1 spiro atoms. The molecule has 0 amide bonds. The van der Waals surface area contributed by atoms with Gasteiger partial charge in [-0.3, -0.25) is 0 Å². The molecule has 1 heterocycles.